The third kappa shape index (κ3) is 9.97. The van der Waals surface area contributed by atoms with Crippen LogP contribution in [-0.2, 0) is 22.4 Å². The van der Waals surface area contributed by atoms with E-state index < -0.39 is 38.1 Å². The molecule has 2 amide bonds. The van der Waals surface area contributed by atoms with Crippen molar-refractivity contribution in [2.45, 2.75) is 94.7 Å². The average Bonchev–Trinajstić information content (AvgIpc) is 3.20. The van der Waals surface area contributed by atoms with Crippen LogP contribution < -0.4 is 36.3 Å². The lowest BCUT2D eigenvalue weighted by Crippen LogP contribution is -2.60. The highest BCUT2D eigenvalue weighted by Crippen LogP contribution is 2.36. The highest BCUT2D eigenvalue weighted by molar-refractivity contribution is 6.47. The van der Waals surface area contributed by atoms with Crippen molar-refractivity contribution in [3.63, 3.8) is 0 Å². The maximum Gasteiger partial charge on any atom is 0.547 e. The molecule has 0 spiro atoms. The molecule has 58 heavy (non-hydrogen) atoms. The number of nitrogens with two attached hydrogens (primary N) is 1. The van der Waals surface area contributed by atoms with Gasteiger partial charge in [0.25, 0.3) is 0 Å². The summed E-state index contributed by atoms with van der Waals surface area (Å²) in [5, 5.41) is 53.4. The van der Waals surface area contributed by atoms with Crippen LogP contribution in [-0.4, -0.2) is 120 Å². The lowest BCUT2D eigenvalue weighted by Gasteiger charge is -2.43. The molecule has 312 valence electrons. The molecule has 5 aliphatic rings. The van der Waals surface area contributed by atoms with Crippen molar-refractivity contribution >= 4 is 38.0 Å². The van der Waals surface area contributed by atoms with E-state index in [4.69, 9.17) is 15.0 Å². The second-order valence-corrected chi connectivity index (χ2v) is 16.9. The highest BCUT2D eigenvalue weighted by Gasteiger charge is 2.40. The summed E-state index contributed by atoms with van der Waals surface area (Å²) in [6.07, 6.45) is 8.01. The van der Waals surface area contributed by atoms with Gasteiger partial charge in [0.2, 0.25) is 11.8 Å². The largest absolute Gasteiger partial charge is 0.547 e. The number of piperazine rings is 1. The van der Waals surface area contributed by atoms with Crippen molar-refractivity contribution in [1.29, 1.82) is 0 Å². The van der Waals surface area contributed by atoms with E-state index >= 15 is 0 Å². The first kappa shape index (κ1) is 42.0. The number of rotatable bonds is 13. The predicted octanol–water partition coefficient (Wildman–Crippen LogP) is 0.813. The number of nitrogens with zero attached hydrogens (tertiary/aromatic N) is 1. The number of carboxylic acids is 2. The van der Waals surface area contributed by atoms with E-state index in [9.17, 15) is 39.4 Å². The molecule has 2 aromatic carbocycles. The topological polar surface area (TPSA) is 245 Å². The third-order valence-corrected chi connectivity index (χ3v) is 13.1. The molecule has 2 aromatic rings. The third-order valence-electron chi connectivity index (χ3n) is 13.1. The first-order chi connectivity index (χ1) is 27.9. The van der Waals surface area contributed by atoms with Gasteiger partial charge in [-0.1, -0.05) is 24.3 Å². The number of nitrogens with one attached hydrogen (secondary N) is 4. The Kier molecular flexibility index (Phi) is 13.6. The smallest absolute Gasteiger partial charge is 0.534 e. The average molecular weight is 803 g/mol. The molecule has 10 N–H and O–H groups in total. The Hall–Kier alpha value is -4.19. The number of carboxylic acid groups (broad SMARTS) is 2. The second-order valence-electron chi connectivity index (χ2n) is 16.9. The number of hydrogen-bond donors (Lipinski definition) is 9. The number of carbonyl (C=O) groups is 4. The van der Waals surface area contributed by atoms with Crippen molar-refractivity contribution in [2.75, 3.05) is 32.7 Å². The highest BCUT2D eigenvalue weighted by atomic mass is 16.5. The van der Waals surface area contributed by atoms with Crippen molar-refractivity contribution in [1.82, 2.24) is 26.2 Å². The molecule has 7 rings (SSSR count). The number of benzene rings is 2. The van der Waals surface area contributed by atoms with Gasteiger partial charge in [0, 0.05) is 38.5 Å². The molecule has 0 radical (unpaired) electrons. The summed E-state index contributed by atoms with van der Waals surface area (Å²) in [6.45, 7) is 4.08. The summed E-state index contributed by atoms with van der Waals surface area (Å²) in [5.74, 6) is -2.48. The maximum absolute atomic E-state index is 13.2. The fraction of sp³-hybridized carbons (Fsp3) is 0.600. The standard InChI is InChI=1S/C40H56B2N6O10/c43-20-27-10-7-24(17-36(50)47-33-19-26-4-2-6-31(40(53)54)38(26)58-42(33)56)15-28(27)21-45-34-22-48(14-13-44-34)29-11-8-23(9-12-29)16-35(49)46-32-18-25-3-1-5-30(39(51)52)37(25)57-41(32)55/h1-6,23-24,27-29,32-34,44-45,55-56H,7-22,43H2,(H,46,49)(H,47,50)(H,51,52)(H,53,54). The van der Waals surface area contributed by atoms with Crippen LogP contribution in [0.2, 0.25) is 0 Å². The van der Waals surface area contributed by atoms with Crippen LogP contribution in [0.4, 0.5) is 0 Å². The second kappa shape index (κ2) is 18.8. The molecule has 6 unspecified atom stereocenters. The van der Waals surface area contributed by atoms with E-state index in [1.807, 2.05) is 0 Å². The summed E-state index contributed by atoms with van der Waals surface area (Å²) in [5.41, 5.74) is 7.49. The summed E-state index contributed by atoms with van der Waals surface area (Å²) in [4.78, 5) is 52.0. The van der Waals surface area contributed by atoms with E-state index in [1.54, 1.807) is 24.3 Å². The number of para-hydroxylation sites is 2. The van der Waals surface area contributed by atoms with Gasteiger partial charge in [0.1, 0.15) is 11.5 Å². The van der Waals surface area contributed by atoms with Crippen molar-refractivity contribution in [3.8, 4) is 11.5 Å². The van der Waals surface area contributed by atoms with Gasteiger partial charge in [-0.3, -0.25) is 19.8 Å². The molecule has 3 heterocycles. The normalized spacial score (nSPS) is 28.6. The van der Waals surface area contributed by atoms with Crippen LogP contribution in [0.25, 0.3) is 0 Å². The van der Waals surface area contributed by atoms with Crippen LogP contribution in [0, 0.1) is 23.7 Å². The predicted molar refractivity (Wildman–Crippen MR) is 215 cm³/mol. The van der Waals surface area contributed by atoms with Gasteiger partial charge in [-0.05, 0) is 118 Å². The van der Waals surface area contributed by atoms with Crippen LogP contribution in [0.5, 0.6) is 11.5 Å². The number of carbonyl (C=O) groups excluding carboxylic acids is 2. The van der Waals surface area contributed by atoms with Crippen molar-refractivity contribution in [3.05, 3.63) is 58.7 Å². The van der Waals surface area contributed by atoms with Gasteiger partial charge >= 0.3 is 26.2 Å². The fourth-order valence-electron chi connectivity index (χ4n) is 9.91. The van der Waals surface area contributed by atoms with Gasteiger partial charge in [0.05, 0.1) is 29.2 Å². The monoisotopic (exact) mass is 802 g/mol. The molecular formula is C40H56B2N6O10. The number of aromatic carboxylic acids is 2. The van der Waals surface area contributed by atoms with Crippen LogP contribution in [0.1, 0.15) is 89.6 Å². The molecular weight excluding hydrogens is 746 g/mol. The lowest BCUT2D eigenvalue weighted by atomic mass is 9.71. The molecule has 2 aliphatic carbocycles. The van der Waals surface area contributed by atoms with Gasteiger partial charge in [-0.25, -0.2) is 9.59 Å². The molecule has 18 heteroatoms. The Bertz CT molecular complexity index is 1820. The first-order valence-electron chi connectivity index (χ1n) is 20.8. The van der Waals surface area contributed by atoms with E-state index in [0.717, 1.165) is 71.1 Å². The Balaban J connectivity index is 0.829. The van der Waals surface area contributed by atoms with E-state index in [-0.39, 0.29) is 58.9 Å². The Morgan fingerprint density at radius 1 is 0.776 bits per heavy atom. The number of amides is 2. The SMILES string of the molecule is NCC1CCC(CC(=O)NC2Cc3cccc(C(=O)O)c3OB2O)CC1CNC1CN(C2CCC(CC(=O)NC3Cc4cccc(C(=O)O)c4OB3O)CC2)CCN1. The van der Waals surface area contributed by atoms with Crippen LogP contribution >= 0.6 is 0 Å². The zero-order chi connectivity index (χ0) is 40.9. The van der Waals surface area contributed by atoms with Gasteiger partial charge in [-0.15, -0.1) is 0 Å². The lowest BCUT2D eigenvalue weighted by molar-refractivity contribution is -0.123. The molecule has 3 aliphatic heterocycles. The minimum atomic E-state index is -1.34. The zero-order valence-corrected chi connectivity index (χ0v) is 32.8. The van der Waals surface area contributed by atoms with Crippen LogP contribution in [0.3, 0.4) is 0 Å². The summed E-state index contributed by atoms with van der Waals surface area (Å²) in [6, 6.07) is 10.1. The van der Waals surface area contributed by atoms with Crippen molar-refractivity contribution < 1.29 is 48.7 Å². The first-order valence-corrected chi connectivity index (χ1v) is 20.8. The minimum Gasteiger partial charge on any atom is -0.534 e. The molecule has 0 bridgehead atoms. The van der Waals surface area contributed by atoms with Crippen molar-refractivity contribution in [2.24, 2.45) is 29.4 Å². The summed E-state index contributed by atoms with van der Waals surface area (Å²) >= 11 is 0. The molecule has 3 fully saturated rings. The van der Waals surface area contributed by atoms with E-state index in [0.29, 0.717) is 54.8 Å². The molecule has 0 aromatic heterocycles. The molecule has 16 nitrogen and oxygen atoms in total. The Morgan fingerprint density at radius 3 is 1.88 bits per heavy atom. The number of hydrogen-bond acceptors (Lipinski definition) is 12. The van der Waals surface area contributed by atoms with Crippen LogP contribution in [0.15, 0.2) is 36.4 Å². The van der Waals surface area contributed by atoms with Gasteiger partial charge in [-0.2, -0.15) is 0 Å². The summed E-state index contributed by atoms with van der Waals surface area (Å²) < 4.78 is 11.1. The fourth-order valence-corrected chi connectivity index (χ4v) is 9.91. The molecule has 1 saturated heterocycles. The Labute approximate surface area is 339 Å². The Morgan fingerprint density at radius 2 is 1.33 bits per heavy atom. The molecule has 2 saturated carbocycles. The molecule has 6 atom stereocenters. The zero-order valence-electron chi connectivity index (χ0n) is 32.8. The van der Waals surface area contributed by atoms with E-state index in [2.05, 4.69) is 26.2 Å². The quantitative estimate of drug-likeness (QED) is 0.127. The number of fused-ring (bicyclic) bond motifs is 2. The minimum absolute atomic E-state index is 0.00828. The maximum atomic E-state index is 13.2. The van der Waals surface area contributed by atoms with E-state index in [1.165, 1.54) is 12.1 Å². The summed E-state index contributed by atoms with van der Waals surface area (Å²) in [7, 11) is -2.67. The van der Waals surface area contributed by atoms with Gasteiger partial charge in [0.15, 0.2) is 0 Å². The van der Waals surface area contributed by atoms with Gasteiger partial charge < -0.3 is 51.3 Å².